The Kier molecular flexibility index (Phi) is 1.52. The Bertz CT molecular complexity index is 159. The average Bonchev–Trinajstić information content (AvgIpc) is 2.37. The fraction of sp³-hybridized carbons (Fsp3) is 1.00. The molecule has 0 radical (unpaired) electrons. The molecule has 0 spiro atoms. The van der Waals surface area contributed by atoms with E-state index in [-0.39, 0.29) is 0 Å². The van der Waals surface area contributed by atoms with Gasteiger partial charge in [0.15, 0.2) is 0 Å². The van der Waals surface area contributed by atoms with Gasteiger partial charge in [-0.3, -0.25) is 4.90 Å². The lowest BCUT2D eigenvalue weighted by Gasteiger charge is -2.43. The Hall–Kier alpha value is -0.0800. The normalized spacial score (nSPS) is 43.1. The van der Waals surface area contributed by atoms with E-state index in [1.807, 2.05) is 0 Å². The van der Waals surface area contributed by atoms with Crippen molar-refractivity contribution in [3.63, 3.8) is 0 Å². The molecular formula is C9H18N2. The fourth-order valence-electron chi connectivity index (χ4n) is 2.89. The van der Waals surface area contributed by atoms with Gasteiger partial charge in [-0.1, -0.05) is 0 Å². The van der Waals surface area contributed by atoms with Crippen LogP contribution in [0.15, 0.2) is 0 Å². The van der Waals surface area contributed by atoms with Crippen molar-refractivity contribution >= 4 is 0 Å². The van der Waals surface area contributed by atoms with E-state index in [1.165, 1.54) is 19.4 Å². The Morgan fingerprint density at radius 1 is 1.55 bits per heavy atom. The minimum Gasteiger partial charge on any atom is -0.329 e. The molecule has 2 N–H and O–H groups in total. The van der Waals surface area contributed by atoms with E-state index in [2.05, 4.69) is 18.7 Å². The lowest BCUT2D eigenvalue weighted by Crippen LogP contribution is -2.53. The number of nitrogens with zero attached hydrogens (tertiary/aromatic N) is 1. The van der Waals surface area contributed by atoms with Crippen LogP contribution in [0.3, 0.4) is 0 Å². The van der Waals surface area contributed by atoms with Gasteiger partial charge in [0.2, 0.25) is 0 Å². The summed E-state index contributed by atoms with van der Waals surface area (Å²) in [6.45, 7) is 6.72. The van der Waals surface area contributed by atoms with Crippen LogP contribution < -0.4 is 5.73 Å². The highest BCUT2D eigenvalue weighted by molar-refractivity contribution is 5.11. The van der Waals surface area contributed by atoms with E-state index >= 15 is 0 Å². The van der Waals surface area contributed by atoms with Crippen molar-refractivity contribution in [2.24, 2.45) is 11.7 Å². The zero-order chi connectivity index (χ0) is 8.06. The quantitative estimate of drug-likeness (QED) is 0.638. The summed E-state index contributed by atoms with van der Waals surface area (Å²) in [6.07, 6.45) is 2.73. The maximum absolute atomic E-state index is 5.79. The molecule has 0 amide bonds. The molecule has 3 rings (SSSR count). The van der Waals surface area contributed by atoms with Crippen molar-refractivity contribution in [3.8, 4) is 0 Å². The largest absolute Gasteiger partial charge is 0.329 e. The van der Waals surface area contributed by atoms with Gasteiger partial charge in [-0.15, -0.1) is 0 Å². The molecule has 2 aliphatic heterocycles. The average molecular weight is 154 g/mol. The zero-order valence-corrected chi connectivity index (χ0v) is 7.51. The molecule has 0 unspecified atom stereocenters. The second-order valence-corrected chi connectivity index (χ2v) is 4.45. The molecule has 2 saturated heterocycles. The minimum atomic E-state index is 0.429. The van der Waals surface area contributed by atoms with E-state index in [4.69, 9.17) is 5.73 Å². The molecule has 3 aliphatic rings. The molecule has 64 valence electrons. The first-order valence-electron chi connectivity index (χ1n) is 4.65. The summed E-state index contributed by atoms with van der Waals surface area (Å²) < 4.78 is 0. The summed E-state index contributed by atoms with van der Waals surface area (Å²) in [4.78, 5) is 2.59. The van der Waals surface area contributed by atoms with Gasteiger partial charge in [0, 0.05) is 24.7 Å². The molecule has 0 atom stereocenters. The van der Waals surface area contributed by atoms with E-state index in [1.54, 1.807) is 0 Å². The van der Waals surface area contributed by atoms with Crippen molar-refractivity contribution in [1.82, 2.24) is 4.90 Å². The lowest BCUT2D eigenvalue weighted by molar-refractivity contribution is 0.0909. The predicted octanol–water partition coefficient (Wildman–Crippen LogP) is 0.818. The highest BCUT2D eigenvalue weighted by Crippen LogP contribution is 2.50. The van der Waals surface area contributed by atoms with Crippen LogP contribution in [0.1, 0.15) is 26.7 Å². The standard InChI is InChI=1S/C9H18N2/c1-7(2)11-5-8-3-9(11,4-8)6-10/h7-8H,3-6,10H2,1-2H3. The topological polar surface area (TPSA) is 29.3 Å². The van der Waals surface area contributed by atoms with Gasteiger partial charge in [0.25, 0.3) is 0 Å². The van der Waals surface area contributed by atoms with Gasteiger partial charge in [0.1, 0.15) is 0 Å². The van der Waals surface area contributed by atoms with Crippen LogP contribution in [0.25, 0.3) is 0 Å². The first-order chi connectivity index (χ1) is 5.18. The highest BCUT2D eigenvalue weighted by Gasteiger charge is 2.55. The summed E-state index contributed by atoms with van der Waals surface area (Å²) in [5.41, 5.74) is 6.22. The molecule has 1 saturated carbocycles. The van der Waals surface area contributed by atoms with E-state index in [0.29, 0.717) is 11.6 Å². The van der Waals surface area contributed by atoms with E-state index < -0.39 is 0 Å². The molecule has 2 bridgehead atoms. The first-order valence-corrected chi connectivity index (χ1v) is 4.65. The zero-order valence-electron chi connectivity index (χ0n) is 7.51. The van der Waals surface area contributed by atoms with Crippen LogP contribution in [-0.2, 0) is 0 Å². The SMILES string of the molecule is CC(C)N1CC2CC1(CN)C2. The summed E-state index contributed by atoms with van der Waals surface area (Å²) in [6, 6.07) is 0.686. The van der Waals surface area contributed by atoms with Gasteiger partial charge in [-0.2, -0.15) is 0 Å². The number of hydrogen-bond donors (Lipinski definition) is 1. The smallest absolute Gasteiger partial charge is 0.0340 e. The van der Waals surface area contributed by atoms with Gasteiger partial charge >= 0.3 is 0 Å². The Labute approximate surface area is 68.7 Å². The van der Waals surface area contributed by atoms with Gasteiger partial charge in [-0.05, 0) is 32.6 Å². The molecule has 1 aliphatic carbocycles. The molecule has 3 fully saturated rings. The van der Waals surface area contributed by atoms with Crippen molar-refractivity contribution in [2.75, 3.05) is 13.1 Å². The van der Waals surface area contributed by atoms with Crippen molar-refractivity contribution in [2.45, 2.75) is 38.3 Å². The Balaban J connectivity index is 2.11. The summed E-state index contributed by atoms with van der Waals surface area (Å²) in [5.74, 6) is 0.973. The van der Waals surface area contributed by atoms with Crippen molar-refractivity contribution in [1.29, 1.82) is 0 Å². The van der Waals surface area contributed by atoms with E-state index in [9.17, 15) is 0 Å². The second kappa shape index (κ2) is 2.20. The second-order valence-electron chi connectivity index (χ2n) is 4.45. The summed E-state index contributed by atoms with van der Waals surface area (Å²) in [7, 11) is 0. The van der Waals surface area contributed by atoms with Crippen molar-refractivity contribution < 1.29 is 0 Å². The third kappa shape index (κ3) is 0.859. The molecule has 2 nitrogen and oxygen atoms in total. The fourth-order valence-corrected chi connectivity index (χ4v) is 2.89. The predicted molar refractivity (Wildman–Crippen MR) is 46.4 cm³/mol. The molecule has 0 aromatic rings. The molecule has 11 heavy (non-hydrogen) atoms. The molecular weight excluding hydrogens is 136 g/mol. The molecule has 0 aromatic heterocycles. The summed E-state index contributed by atoms with van der Waals surface area (Å²) in [5, 5.41) is 0. The van der Waals surface area contributed by atoms with E-state index in [0.717, 1.165) is 12.5 Å². The molecule has 0 aromatic carbocycles. The number of nitrogens with two attached hydrogens (primary N) is 1. The first kappa shape index (κ1) is 7.56. The van der Waals surface area contributed by atoms with Crippen LogP contribution in [0, 0.1) is 5.92 Å². The van der Waals surface area contributed by atoms with Crippen LogP contribution in [0.4, 0.5) is 0 Å². The number of fused-ring (bicyclic) bond motifs is 1. The Morgan fingerprint density at radius 2 is 2.18 bits per heavy atom. The van der Waals surface area contributed by atoms with Crippen LogP contribution in [0.5, 0.6) is 0 Å². The number of hydrogen-bond acceptors (Lipinski definition) is 2. The highest BCUT2D eigenvalue weighted by atomic mass is 15.3. The van der Waals surface area contributed by atoms with Crippen molar-refractivity contribution in [3.05, 3.63) is 0 Å². The molecule has 2 heteroatoms. The maximum Gasteiger partial charge on any atom is 0.0340 e. The summed E-state index contributed by atoms with van der Waals surface area (Å²) >= 11 is 0. The molecule has 2 heterocycles. The number of rotatable bonds is 2. The van der Waals surface area contributed by atoms with Gasteiger partial charge in [0.05, 0.1) is 0 Å². The Morgan fingerprint density at radius 3 is 2.55 bits per heavy atom. The van der Waals surface area contributed by atoms with Gasteiger partial charge in [-0.25, -0.2) is 0 Å². The van der Waals surface area contributed by atoms with Crippen LogP contribution >= 0.6 is 0 Å². The monoisotopic (exact) mass is 154 g/mol. The third-order valence-electron chi connectivity index (χ3n) is 3.40. The maximum atomic E-state index is 5.79. The van der Waals surface area contributed by atoms with Gasteiger partial charge < -0.3 is 5.73 Å². The minimum absolute atomic E-state index is 0.429. The van der Waals surface area contributed by atoms with Crippen LogP contribution in [-0.4, -0.2) is 29.6 Å². The third-order valence-corrected chi connectivity index (χ3v) is 3.40. The van der Waals surface area contributed by atoms with Crippen LogP contribution in [0.2, 0.25) is 0 Å². The lowest BCUT2D eigenvalue weighted by atomic mass is 9.73.